The first-order valence-corrected chi connectivity index (χ1v) is 5.29. The summed E-state index contributed by atoms with van der Waals surface area (Å²) in [6.07, 6.45) is 2.76. The zero-order chi connectivity index (χ0) is 12.4. The van der Waals surface area contributed by atoms with Gasteiger partial charge in [0.05, 0.1) is 4.47 Å². The van der Waals surface area contributed by atoms with Crippen LogP contribution in [0, 0.1) is 0 Å². The van der Waals surface area contributed by atoms with Gasteiger partial charge >= 0.3 is 5.97 Å². The minimum absolute atomic E-state index is 0.0590. The Morgan fingerprint density at radius 1 is 1.35 bits per heavy atom. The Hall–Kier alpha value is -2.02. The Labute approximate surface area is 104 Å². The fourth-order valence-electron chi connectivity index (χ4n) is 1.20. The summed E-state index contributed by atoms with van der Waals surface area (Å²) in [6.45, 7) is 0. The molecule has 0 atom stereocenters. The Balaban J connectivity index is 2.58. The summed E-state index contributed by atoms with van der Waals surface area (Å²) >= 11 is 3.03. The number of rotatable bonds is 2. The number of carboxylic acids is 1. The molecule has 7 heteroatoms. The van der Waals surface area contributed by atoms with Gasteiger partial charge in [0.1, 0.15) is 11.4 Å². The van der Waals surface area contributed by atoms with Crippen molar-refractivity contribution in [2.75, 3.05) is 0 Å². The zero-order valence-electron chi connectivity index (χ0n) is 8.33. The van der Waals surface area contributed by atoms with Crippen LogP contribution in [0.25, 0.3) is 11.5 Å². The summed E-state index contributed by atoms with van der Waals surface area (Å²) in [5.41, 5.74) is -0.0393. The molecule has 0 amide bonds. The number of nitrogens with zero attached hydrogens (tertiary/aromatic N) is 3. The molecule has 6 nitrogen and oxygen atoms in total. The smallest absolute Gasteiger partial charge is 0.355 e. The SMILES string of the molecule is O=C(O)c1nc(-c2ncccc2O)ncc1Br. The molecule has 2 N–H and O–H groups in total. The summed E-state index contributed by atoms with van der Waals surface area (Å²) < 4.78 is 0.268. The van der Waals surface area contributed by atoms with Crippen LogP contribution in [0.5, 0.6) is 5.75 Å². The normalized spacial score (nSPS) is 10.2. The second-order valence-corrected chi connectivity index (χ2v) is 3.92. The van der Waals surface area contributed by atoms with Gasteiger partial charge < -0.3 is 10.2 Å². The average Bonchev–Trinajstić information content (AvgIpc) is 2.30. The third kappa shape index (κ3) is 2.23. The van der Waals surface area contributed by atoms with Gasteiger partial charge in [-0.05, 0) is 28.1 Å². The molecule has 0 spiro atoms. The van der Waals surface area contributed by atoms with Gasteiger partial charge in [0.2, 0.25) is 0 Å². The molecule has 2 aromatic heterocycles. The molecule has 0 saturated carbocycles. The maximum atomic E-state index is 10.9. The highest BCUT2D eigenvalue weighted by atomic mass is 79.9. The van der Waals surface area contributed by atoms with E-state index in [9.17, 15) is 9.90 Å². The lowest BCUT2D eigenvalue weighted by Crippen LogP contribution is -2.04. The van der Waals surface area contributed by atoms with Gasteiger partial charge in [-0.25, -0.2) is 19.7 Å². The van der Waals surface area contributed by atoms with E-state index in [-0.39, 0.29) is 27.4 Å². The monoisotopic (exact) mass is 295 g/mol. The molecule has 86 valence electrons. The number of carboxylic acid groups (broad SMARTS) is 1. The van der Waals surface area contributed by atoms with Crippen LogP contribution < -0.4 is 0 Å². The molecule has 0 aliphatic heterocycles. The largest absolute Gasteiger partial charge is 0.506 e. The second kappa shape index (κ2) is 4.46. The van der Waals surface area contributed by atoms with Crippen molar-refractivity contribution in [3.8, 4) is 17.3 Å². The van der Waals surface area contributed by atoms with E-state index in [1.165, 1.54) is 18.5 Å². The molecule has 0 radical (unpaired) electrons. The van der Waals surface area contributed by atoms with Crippen molar-refractivity contribution in [3.63, 3.8) is 0 Å². The number of hydrogen-bond donors (Lipinski definition) is 2. The number of aromatic nitrogens is 3. The van der Waals surface area contributed by atoms with Crippen molar-refractivity contribution in [2.24, 2.45) is 0 Å². The van der Waals surface area contributed by atoms with E-state index in [2.05, 4.69) is 30.9 Å². The molecule has 2 rings (SSSR count). The molecule has 2 aromatic rings. The van der Waals surface area contributed by atoms with Crippen LogP contribution in [0.2, 0.25) is 0 Å². The predicted octanol–water partition coefficient (Wildman–Crippen LogP) is 1.70. The van der Waals surface area contributed by atoms with Gasteiger partial charge in [-0.1, -0.05) is 0 Å². The highest BCUT2D eigenvalue weighted by molar-refractivity contribution is 9.10. The summed E-state index contributed by atoms with van der Waals surface area (Å²) in [5.74, 6) is -1.23. The van der Waals surface area contributed by atoms with Gasteiger partial charge in [0, 0.05) is 12.4 Å². The highest BCUT2D eigenvalue weighted by Gasteiger charge is 2.15. The van der Waals surface area contributed by atoms with E-state index in [0.717, 1.165) is 0 Å². The van der Waals surface area contributed by atoms with E-state index < -0.39 is 5.97 Å². The van der Waals surface area contributed by atoms with E-state index in [4.69, 9.17) is 5.11 Å². The fraction of sp³-hybridized carbons (Fsp3) is 0. The molecule has 2 heterocycles. The molecule has 0 saturated heterocycles. The molecule has 17 heavy (non-hydrogen) atoms. The Morgan fingerprint density at radius 2 is 2.12 bits per heavy atom. The van der Waals surface area contributed by atoms with E-state index in [1.807, 2.05) is 0 Å². The van der Waals surface area contributed by atoms with Crippen molar-refractivity contribution in [1.82, 2.24) is 15.0 Å². The van der Waals surface area contributed by atoms with Gasteiger partial charge in [0.25, 0.3) is 0 Å². The number of pyridine rings is 1. The lowest BCUT2D eigenvalue weighted by molar-refractivity contribution is 0.0689. The van der Waals surface area contributed by atoms with Crippen molar-refractivity contribution in [1.29, 1.82) is 0 Å². The summed E-state index contributed by atoms with van der Waals surface area (Å²) in [5, 5.41) is 18.5. The molecule has 0 bridgehead atoms. The first-order chi connectivity index (χ1) is 8.09. The fourth-order valence-corrected chi connectivity index (χ4v) is 1.56. The third-order valence-corrected chi connectivity index (χ3v) is 2.53. The van der Waals surface area contributed by atoms with Gasteiger partial charge in [-0.3, -0.25) is 0 Å². The van der Waals surface area contributed by atoms with Crippen LogP contribution in [-0.2, 0) is 0 Å². The van der Waals surface area contributed by atoms with Crippen LogP contribution in [0.1, 0.15) is 10.5 Å². The number of aromatic hydroxyl groups is 1. The maximum absolute atomic E-state index is 10.9. The Bertz CT molecular complexity index is 589. The van der Waals surface area contributed by atoms with Crippen molar-refractivity contribution in [3.05, 3.63) is 34.7 Å². The Kier molecular flexibility index (Phi) is 3.01. The Morgan fingerprint density at radius 3 is 2.76 bits per heavy atom. The van der Waals surface area contributed by atoms with Gasteiger partial charge in [-0.2, -0.15) is 0 Å². The molecular formula is C10H6BrN3O3. The third-order valence-electron chi connectivity index (χ3n) is 1.94. The molecular weight excluding hydrogens is 290 g/mol. The number of carbonyl (C=O) groups is 1. The van der Waals surface area contributed by atoms with Crippen LogP contribution in [-0.4, -0.2) is 31.1 Å². The number of hydrogen-bond acceptors (Lipinski definition) is 5. The van der Waals surface area contributed by atoms with Crippen LogP contribution >= 0.6 is 15.9 Å². The lowest BCUT2D eigenvalue weighted by Gasteiger charge is -2.03. The first kappa shape index (κ1) is 11.5. The number of aromatic carboxylic acids is 1. The van der Waals surface area contributed by atoms with E-state index in [1.54, 1.807) is 6.07 Å². The first-order valence-electron chi connectivity index (χ1n) is 4.50. The summed E-state index contributed by atoms with van der Waals surface area (Å²) in [6, 6.07) is 2.98. The quantitative estimate of drug-likeness (QED) is 0.875. The standard InChI is InChI=1S/C10H6BrN3O3/c11-5-4-13-9(14-7(5)10(16)17)8-6(15)2-1-3-12-8/h1-4,15H,(H,16,17). The van der Waals surface area contributed by atoms with Gasteiger partial charge in [-0.15, -0.1) is 0 Å². The van der Waals surface area contributed by atoms with Crippen molar-refractivity contribution < 1.29 is 15.0 Å². The predicted molar refractivity (Wildman–Crippen MR) is 61.6 cm³/mol. The molecule has 0 aromatic carbocycles. The van der Waals surface area contributed by atoms with E-state index >= 15 is 0 Å². The second-order valence-electron chi connectivity index (χ2n) is 3.07. The van der Waals surface area contributed by atoms with Gasteiger partial charge in [0.15, 0.2) is 11.5 Å². The van der Waals surface area contributed by atoms with Crippen LogP contribution in [0.15, 0.2) is 29.0 Å². The van der Waals surface area contributed by atoms with E-state index in [0.29, 0.717) is 0 Å². The number of halogens is 1. The minimum Gasteiger partial charge on any atom is -0.506 e. The maximum Gasteiger partial charge on any atom is 0.355 e. The zero-order valence-corrected chi connectivity index (χ0v) is 9.92. The summed E-state index contributed by atoms with van der Waals surface area (Å²) in [4.78, 5) is 22.5. The van der Waals surface area contributed by atoms with Crippen LogP contribution in [0.4, 0.5) is 0 Å². The minimum atomic E-state index is -1.18. The molecule has 0 unspecified atom stereocenters. The van der Waals surface area contributed by atoms with Crippen molar-refractivity contribution >= 4 is 21.9 Å². The lowest BCUT2D eigenvalue weighted by atomic mass is 10.3. The molecule has 0 fully saturated rings. The molecule has 0 aliphatic rings. The van der Waals surface area contributed by atoms with Crippen molar-refractivity contribution in [2.45, 2.75) is 0 Å². The van der Waals surface area contributed by atoms with Crippen LogP contribution in [0.3, 0.4) is 0 Å². The molecule has 0 aliphatic carbocycles. The summed E-state index contributed by atoms with van der Waals surface area (Å²) in [7, 11) is 0. The average molecular weight is 296 g/mol. The topological polar surface area (TPSA) is 96.2 Å². The highest BCUT2D eigenvalue weighted by Crippen LogP contribution is 2.24.